The molecule has 2 aromatic carbocycles. The summed E-state index contributed by atoms with van der Waals surface area (Å²) in [6.07, 6.45) is 1.78. The van der Waals surface area contributed by atoms with Gasteiger partial charge in [-0.15, -0.1) is 0 Å². The predicted octanol–water partition coefficient (Wildman–Crippen LogP) is 4.97. The average molecular weight is 300 g/mol. The van der Waals surface area contributed by atoms with Gasteiger partial charge in [-0.25, -0.2) is 8.78 Å². The third kappa shape index (κ3) is 3.25. The van der Waals surface area contributed by atoms with Crippen LogP contribution in [0, 0.1) is 17.6 Å². The highest BCUT2D eigenvalue weighted by Gasteiger charge is 2.33. The Balaban J connectivity index is 1.52. The van der Waals surface area contributed by atoms with Crippen LogP contribution in [0.5, 0.6) is 0 Å². The Labute approximate surface area is 129 Å². The van der Waals surface area contributed by atoms with Crippen molar-refractivity contribution in [2.24, 2.45) is 5.92 Å². The van der Waals surface area contributed by atoms with Gasteiger partial charge in [0.15, 0.2) is 0 Å². The second-order valence-electron chi connectivity index (χ2n) is 5.74. The molecule has 0 atom stereocenters. The molecule has 114 valence electrons. The second-order valence-corrected chi connectivity index (χ2v) is 5.74. The van der Waals surface area contributed by atoms with Gasteiger partial charge in [0.05, 0.1) is 12.7 Å². The van der Waals surface area contributed by atoms with Gasteiger partial charge in [0, 0.05) is 5.56 Å². The molecule has 0 amide bonds. The fraction of sp³-hybridized carbons (Fsp3) is 0.263. The highest BCUT2D eigenvalue weighted by Crippen LogP contribution is 2.40. The number of benzene rings is 2. The van der Waals surface area contributed by atoms with Crippen molar-refractivity contribution in [3.63, 3.8) is 0 Å². The molecule has 0 spiro atoms. The van der Waals surface area contributed by atoms with Crippen LogP contribution in [0.25, 0.3) is 5.57 Å². The number of allylic oxidation sites excluding steroid dienone is 1. The molecule has 0 aliphatic heterocycles. The minimum Gasteiger partial charge on any atom is -0.373 e. The van der Waals surface area contributed by atoms with Gasteiger partial charge in [0.2, 0.25) is 0 Å². The third-order valence-electron chi connectivity index (χ3n) is 4.19. The fourth-order valence-electron chi connectivity index (χ4n) is 2.74. The largest absolute Gasteiger partial charge is 0.373 e. The molecule has 0 radical (unpaired) electrons. The highest BCUT2D eigenvalue weighted by atomic mass is 19.1. The maximum absolute atomic E-state index is 13.7. The van der Waals surface area contributed by atoms with Crippen LogP contribution in [0.1, 0.15) is 24.0 Å². The van der Waals surface area contributed by atoms with E-state index in [4.69, 9.17) is 4.74 Å². The van der Waals surface area contributed by atoms with Crippen LogP contribution in [0.2, 0.25) is 0 Å². The van der Waals surface area contributed by atoms with Crippen LogP contribution in [0.3, 0.4) is 0 Å². The zero-order chi connectivity index (χ0) is 15.5. The molecular weight excluding hydrogens is 282 g/mol. The first-order chi connectivity index (χ1) is 10.6. The third-order valence-corrected chi connectivity index (χ3v) is 4.19. The molecule has 3 heteroatoms. The van der Waals surface area contributed by atoms with Crippen molar-refractivity contribution in [2.75, 3.05) is 0 Å². The Kier molecular flexibility index (Phi) is 4.34. The van der Waals surface area contributed by atoms with Gasteiger partial charge in [-0.1, -0.05) is 36.9 Å². The predicted molar refractivity (Wildman–Crippen MR) is 83.1 cm³/mol. The van der Waals surface area contributed by atoms with Crippen molar-refractivity contribution < 1.29 is 13.5 Å². The Morgan fingerprint density at radius 2 is 1.82 bits per heavy atom. The molecule has 0 N–H and O–H groups in total. The summed E-state index contributed by atoms with van der Waals surface area (Å²) in [5.74, 6) is -0.689. The van der Waals surface area contributed by atoms with E-state index < -0.39 is 11.6 Å². The summed E-state index contributed by atoms with van der Waals surface area (Å²) < 4.78 is 32.8. The lowest BCUT2D eigenvalue weighted by Crippen LogP contribution is -2.32. The lowest BCUT2D eigenvalue weighted by Gasteiger charge is -2.36. The standard InChI is InChI=1S/C19H18F2O/c1-13(18-11-16(20)7-8-19(18)21)15-9-17(10-15)22-12-14-5-3-2-4-6-14/h2-8,11,15,17H,1,9-10,12H2. The van der Waals surface area contributed by atoms with Gasteiger partial charge in [0.1, 0.15) is 11.6 Å². The topological polar surface area (TPSA) is 9.23 Å². The Morgan fingerprint density at radius 3 is 2.55 bits per heavy atom. The number of hydrogen-bond acceptors (Lipinski definition) is 1. The zero-order valence-electron chi connectivity index (χ0n) is 12.3. The van der Waals surface area contributed by atoms with Crippen molar-refractivity contribution in [2.45, 2.75) is 25.6 Å². The summed E-state index contributed by atoms with van der Waals surface area (Å²) >= 11 is 0. The molecule has 1 nitrogen and oxygen atoms in total. The van der Waals surface area contributed by atoms with Crippen molar-refractivity contribution in [3.05, 3.63) is 77.9 Å². The Morgan fingerprint density at radius 1 is 1.09 bits per heavy atom. The van der Waals surface area contributed by atoms with Crippen LogP contribution in [-0.4, -0.2) is 6.10 Å². The molecule has 0 unspecified atom stereocenters. The Bertz CT molecular complexity index is 660. The van der Waals surface area contributed by atoms with E-state index >= 15 is 0 Å². The molecule has 3 rings (SSSR count). The molecule has 22 heavy (non-hydrogen) atoms. The zero-order valence-corrected chi connectivity index (χ0v) is 12.3. The summed E-state index contributed by atoms with van der Waals surface area (Å²) in [4.78, 5) is 0. The first-order valence-corrected chi connectivity index (χ1v) is 7.43. The van der Waals surface area contributed by atoms with E-state index in [0.29, 0.717) is 12.2 Å². The molecule has 2 aromatic rings. The van der Waals surface area contributed by atoms with Crippen LogP contribution in [0.4, 0.5) is 8.78 Å². The molecule has 0 bridgehead atoms. The summed E-state index contributed by atoms with van der Waals surface area (Å²) in [5.41, 5.74) is 2.09. The first kappa shape index (κ1) is 14.9. The molecule has 0 saturated heterocycles. The van der Waals surface area contributed by atoms with E-state index in [1.807, 2.05) is 30.3 Å². The molecule has 1 saturated carbocycles. The van der Waals surface area contributed by atoms with Crippen molar-refractivity contribution in [1.82, 2.24) is 0 Å². The highest BCUT2D eigenvalue weighted by molar-refractivity contribution is 5.66. The normalized spacial score (nSPS) is 20.5. The average Bonchev–Trinajstić information content (AvgIpc) is 2.49. The van der Waals surface area contributed by atoms with Gasteiger partial charge >= 0.3 is 0 Å². The summed E-state index contributed by atoms with van der Waals surface area (Å²) in [5, 5.41) is 0. The summed E-state index contributed by atoms with van der Waals surface area (Å²) in [6.45, 7) is 4.52. The lowest BCUT2D eigenvalue weighted by atomic mass is 9.75. The fourth-order valence-corrected chi connectivity index (χ4v) is 2.74. The molecule has 1 aliphatic rings. The minimum atomic E-state index is -0.436. The van der Waals surface area contributed by atoms with E-state index in [2.05, 4.69) is 6.58 Å². The van der Waals surface area contributed by atoms with E-state index in [9.17, 15) is 8.78 Å². The summed E-state index contributed by atoms with van der Waals surface area (Å²) in [7, 11) is 0. The first-order valence-electron chi connectivity index (χ1n) is 7.43. The maximum atomic E-state index is 13.7. The van der Waals surface area contributed by atoms with E-state index in [1.54, 1.807) is 0 Å². The van der Waals surface area contributed by atoms with E-state index in [0.717, 1.165) is 30.5 Å². The van der Waals surface area contributed by atoms with Gasteiger partial charge < -0.3 is 4.74 Å². The molecule has 0 aromatic heterocycles. The minimum absolute atomic E-state index is 0.164. The number of halogens is 2. The maximum Gasteiger partial charge on any atom is 0.130 e. The smallest absolute Gasteiger partial charge is 0.130 e. The number of ether oxygens (including phenoxy) is 1. The van der Waals surface area contributed by atoms with Crippen molar-refractivity contribution >= 4 is 5.57 Å². The van der Waals surface area contributed by atoms with Gasteiger partial charge in [-0.2, -0.15) is 0 Å². The molecule has 0 heterocycles. The lowest BCUT2D eigenvalue weighted by molar-refractivity contribution is -0.0259. The van der Waals surface area contributed by atoms with Crippen LogP contribution >= 0.6 is 0 Å². The van der Waals surface area contributed by atoms with Crippen molar-refractivity contribution in [1.29, 1.82) is 0 Å². The SMILES string of the molecule is C=C(c1cc(F)ccc1F)C1CC(OCc2ccccc2)C1. The molecular formula is C19H18F2O. The van der Waals surface area contributed by atoms with Gasteiger partial charge in [-0.3, -0.25) is 0 Å². The van der Waals surface area contributed by atoms with E-state index in [-0.39, 0.29) is 17.6 Å². The quantitative estimate of drug-likeness (QED) is 0.757. The monoisotopic (exact) mass is 300 g/mol. The van der Waals surface area contributed by atoms with Crippen LogP contribution < -0.4 is 0 Å². The molecule has 1 fully saturated rings. The summed E-state index contributed by atoms with van der Waals surface area (Å²) in [6, 6.07) is 13.5. The van der Waals surface area contributed by atoms with Crippen molar-refractivity contribution in [3.8, 4) is 0 Å². The number of hydrogen-bond donors (Lipinski definition) is 0. The molecule has 1 aliphatic carbocycles. The number of rotatable bonds is 5. The van der Waals surface area contributed by atoms with Gasteiger partial charge in [0.25, 0.3) is 0 Å². The van der Waals surface area contributed by atoms with Gasteiger partial charge in [-0.05, 0) is 48.1 Å². The second kappa shape index (κ2) is 6.41. The van der Waals surface area contributed by atoms with Crippen LogP contribution in [0.15, 0.2) is 55.1 Å². The van der Waals surface area contributed by atoms with Crippen LogP contribution in [-0.2, 0) is 11.3 Å². The Hall–Kier alpha value is -2.00. The van der Waals surface area contributed by atoms with E-state index in [1.165, 1.54) is 6.07 Å².